The van der Waals surface area contributed by atoms with Crippen molar-refractivity contribution in [3.8, 4) is 56.8 Å². The number of aryl methyl sites for hydroxylation is 2. The summed E-state index contributed by atoms with van der Waals surface area (Å²) in [7, 11) is 5.72. The summed E-state index contributed by atoms with van der Waals surface area (Å²) in [4.78, 5) is 54.1. The quantitative estimate of drug-likeness (QED) is 0.0467. The lowest BCUT2D eigenvalue weighted by atomic mass is 9.95. The molecule has 0 aromatic heterocycles. The van der Waals surface area contributed by atoms with E-state index < -0.39 is 22.2 Å². The van der Waals surface area contributed by atoms with Crippen LogP contribution >= 0.6 is 46.7 Å². The van der Waals surface area contributed by atoms with Crippen molar-refractivity contribution < 1.29 is 55.7 Å². The van der Waals surface area contributed by atoms with Crippen molar-refractivity contribution in [3.05, 3.63) is 162 Å². The van der Waals surface area contributed by atoms with Crippen LogP contribution in [0.3, 0.4) is 0 Å². The van der Waals surface area contributed by atoms with E-state index in [0.29, 0.717) is 103 Å². The van der Waals surface area contributed by atoms with Gasteiger partial charge in [0.15, 0.2) is 33.9 Å². The number of aliphatic hydroxyl groups excluding tert-OH is 1. The molecule has 79 heavy (non-hydrogen) atoms. The Morgan fingerprint density at radius 3 is 1.37 bits per heavy atom. The van der Waals surface area contributed by atoms with E-state index in [2.05, 4.69) is 10.6 Å². The van der Waals surface area contributed by atoms with Gasteiger partial charge >= 0.3 is 0 Å². The van der Waals surface area contributed by atoms with E-state index in [4.69, 9.17) is 55.8 Å². The first-order valence-corrected chi connectivity index (χ1v) is 29.8. The Morgan fingerprint density at radius 1 is 0.595 bits per heavy atom. The van der Waals surface area contributed by atoms with Crippen LogP contribution < -0.4 is 49.9 Å². The molecule has 0 aliphatic heterocycles. The summed E-state index contributed by atoms with van der Waals surface area (Å²) in [5.74, 6) is 2.31. The van der Waals surface area contributed by atoms with Gasteiger partial charge < -0.3 is 44.2 Å². The average Bonchev–Trinajstić information content (AvgIpc) is 3.96. The highest BCUT2D eigenvalue weighted by molar-refractivity contribution is 7.98. The molecule has 0 heterocycles. The summed E-state index contributed by atoms with van der Waals surface area (Å²) in [6.07, 6.45) is 6.89. The zero-order valence-electron chi connectivity index (χ0n) is 45.1. The number of rotatable bonds is 16. The fourth-order valence-corrected chi connectivity index (χ4v) is 10.8. The van der Waals surface area contributed by atoms with Gasteiger partial charge in [0.2, 0.25) is 11.5 Å². The zero-order valence-corrected chi connectivity index (χ0v) is 49.0. The summed E-state index contributed by atoms with van der Waals surface area (Å²) < 4.78 is 61.7. The third kappa shape index (κ3) is 14.7. The van der Waals surface area contributed by atoms with Crippen molar-refractivity contribution in [1.82, 2.24) is 10.6 Å². The smallest absolute Gasteiger partial charge is 0.264 e. The van der Waals surface area contributed by atoms with Crippen LogP contribution in [0.2, 0.25) is 0 Å². The predicted molar refractivity (Wildman–Crippen MR) is 311 cm³/mol. The highest BCUT2D eigenvalue weighted by atomic mass is 35.5. The number of benzene rings is 4. The molecule has 0 radical (unpaired) electrons. The maximum absolute atomic E-state index is 13.5. The SMILES string of the molecule is COc1cc2c(c(OC)c1OC)-c1ccc(SC)c(=O)cc1[C@@H](NC(=O)c1cccc(CO)c1)CC2.COc1cc2c(c(OC)c1OC)-c1ccc(SC)c(=O)cc1[C@@H](NC(=O)c1cccc(COS(C)(=O)=O)c1)CC2.ClCCl. The van der Waals surface area contributed by atoms with E-state index in [1.165, 1.54) is 30.6 Å². The lowest BCUT2D eigenvalue weighted by molar-refractivity contribution is 0.0926. The van der Waals surface area contributed by atoms with Crippen LogP contribution in [0.25, 0.3) is 22.3 Å². The largest absolute Gasteiger partial charge is 0.493 e. The number of amides is 2. The molecule has 8 rings (SSSR count). The van der Waals surface area contributed by atoms with Crippen molar-refractivity contribution in [1.29, 1.82) is 0 Å². The summed E-state index contributed by atoms with van der Waals surface area (Å²) >= 11 is 12.2. The van der Waals surface area contributed by atoms with Crippen LogP contribution in [0.15, 0.2) is 116 Å². The fraction of sp³-hybridized carbons (Fsp3) is 0.310. The lowest BCUT2D eigenvalue weighted by Gasteiger charge is -2.20. The molecule has 0 spiro atoms. The number of hydrogen-bond donors (Lipinski definition) is 3. The molecule has 2 aliphatic rings. The number of hydrogen-bond acceptors (Lipinski definition) is 16. The number of fused-ring (bicyclic) bond motifs is 6. The van der Waals surface area contributed by atoms with Gasteiger partial charge in [0.1, 0.15) is 0 Å². The summed E-state index contributed by atoms with van der Waals surface area (Å²) in [6.45, 7) is -0.336. The lowest BCUT2D eigenvalue weighted by Crippen LogP contribution is -2.29. The Bertz CT molecular complexity index is 3440. The minimum Gasteiger partial charge on any atom is -0.493 e. The van der Waals surface area contributed by atoms with Gasteiger partial charge in [-0.3, -0.25) is 23.4 Å². The van der Waals surface area contributed by atoms with Crippen LogP contribution in [0.5, 0.6) is 34.5 Å². The van der Waals surface area contributed by atoms with Crippen LogP contribution in [0.4, 0.5) is 0 Å². The molecule has 16 nitrogen and oxygen atoms in total. The van der Waals surface area contributed by atoms with Crippen molar-refractivity contribution in [3.63, 3.8) is 0 Å². The third-order valence-corrected chi connectivity index (χ3v) is 15.2. The molecule has 0 unspecified atom stereocenters. The standard InChI is InChI=1S/C29H31NO8S2.C28H29NO6S.CH2Cl2/c1-35-24-14-18-9-11-22(30-29(32)19-8-6-7-17(13-19)16-38-40(5,33)34)21-15-23(31)25(39-4)12-10-20(21)26(18)28(37-3)27(24)36-2;1-33-23-13-17-8-10-21(29-28(32)18-7-5-6-16(12-18)15-30)20-14-22(31)24(36-4)11-9-19(20)25(17)27(35-3)26(23)34-2;2-1-3/h6-8,10,12-15,22H,9,11,16H2,1-5H3,(H,30,32);5-7,9,11-14,21,30H,8,10,15H2,1-4H3,(H,29,32);1H2/t22-;21-;/m00./s1. The molecule has 2 atom stereocenters. The van der Waals surface area contributed by atoms with E-state index in [1.807, 2.05) is 36.8 Å². The number of methoxy groups -OCH3 is 6. The zero-order chi connectivity index (χ0) is 57.6. The van der Waals surface area contributed by atoms with E-state index in [0.717, 1.165) is 39.6 Å². The van der Waals surface area contributed by atoms with Crippen LogP contribution in [0, 0.1) is 0 Å². The number of halogens is 2. The topological polar surface area (TPSA) is 211 Å². The highest BCUT2D eigenvalue weighted by Crippen LogP contribution is 2.52. The number of thioether (sulfide) groups is 2. The second kappa shape index (κ2) is 28.6. The maximum atomic E-state index is 13.5. The first-order valence-electron chi connectivity index (χ1n) is 24.4. The Balaban J connectivity index is 0.000000244. The molecular formula is C58H62Cl2N2O14S3. The van der Waals surface area contributed by atoms with Gasteiger partial charge in [0, 0.05) is 22.3 Å². The molecule has 0 bridgehead atoms. The minimum atomic E-state index is -3.63. The summed E-state index contributed by atoms with van der Waals surface area (Å²) in [5.41, 5.74) is 8.05. The molecule has 21 heteroatoms. The van der Waals surface area contributed by atoms with Gasteiger partial charge in [-0.2, -0.15) is 8.42 Å². The molecule has 3 N–H and O–H groups in total. The molecule has 6 aromatic rings. The summed E-state index contributed by atoms with van der Waals surface area (Å²) in [5, 5.41) is 15.9. The van der Waals surface area contributed by atoms with Crippen LogP contribution in [-0.2, 0) is 40.4 Å². The van der Waals surface area contributed by atoms with Crippen molar-refractivity contribution in [2.45, 2.75) is 60.8 Å². The number of carbonyl (C=O) groups is 2. The molecular weight excluding hydrogens is 1120 g/mol. The van der Waals surface area contributed by atoms with Crippen molar-refractivity contribution >= 4 is 68.7 Å². The van der Waals surface area contributed by atoms with E-state index >= 15 is 0 Å². The Morgan fingerprint density at radius 2 is 1.00 bits per heavy atom. The van der Waals surface area contributed by atoms with Gasteiger partial charge in [0.25, 0.3) is 21.9 Å². The van der Waals surface area contributed by atoms with Gasteiger partial charge in [-0.05, 0) is 143 Å². The third-order valence-electron chi connectivity index (χ3n) is 13.1. The fourth-order valence-electron chi connectivity index (χ4n) is 9.50. The molecule has 420 valence electrons. The van der Waals surface area contributed by atoms with Crippen LogP contribution in [-0.4, -0.2) is 92.1 Å². The Kier molecular flexibility index (Phi) is 22.4. The number of carbonyl (C=O) groups excluding carboxylic acids is 2. The summed E-state index contributed by atoms with van der Waals surface area (Å²) in [6, 6.07) is 26.9. The van der Waals surface area contributed by atoms with Gasteiger partial charge in [-0.15, -0.1) is 46.7 Å². The monoisotopic (exact) mass is 1180 g/mol. The Hall–Kier alpha value is -6.45. The number of alkyl halides is 2. The molecule has 6 aromatic carbocycles. The first-order chi connectivity index (χ1) is 38.0. The molecule has 0 saturated heterocycles. The first kappa shape index (κ1) is 61.8. The van der Waals surface area contributed by atoms with Gasteiger partial charge in [-0.1, -0.05) is 36.4 Å². The van der Waals surface area contributed by atoms with Gasteiger partial charge in [0.05, 0.1) is 89.3 Å². The van der Waals surface area contributed by atoms with Crippen molar-refractivity contribution in [2.75, 3.05) is 66.8 Å². The Labute approximate surface area is 478 Å². The van der Waals surface area contributed by atoms with E-state index in [1.54, 1.807) is 108 Å². The highest BCUT2D eigenvalue weighted by Gasteiger charge is 2.32. The van der Waals surface area contributed by atoms with Crippen molar-refractivity contribution in [2.24, 2.45) is 0 Å². The average molecular weight is 1180 g/mol. The molecule has 0 fully saturated rings. The maximum Gasteiger partial charge on any atom is 0.264 e. The molecule has 0 saturated carbocycles. The van der Waals surface area contributed by atoms with E-state index in [-0.39, 0.29) is 41.2 Å². The number of nitrogens with one attached hydrogen (secondary N) is 2. The normalized spacial score (nSPS) is 14.0. The van der Waals surface area contributed by atoms with E-state index in [9.17, 15) is 32.7 Å². The van der Waals surface area contributed by atoms with Gasteiger partial charge in [-0.25, -0.2) is 0 Å². The predicted octanol–water partition coefficient (Wildman–Crippen LogP) is 10.1. The molecule has 2 aliphatic carbocycles. The second-order valence-corrected chi connectivity index (χ2v) is 21.8. The number of aliphatic hydroxyl groups is 1. The minimum absolute atomic E-state index is 0.117. The van der Waals surface area contributed by atoms with Crippen LogP contribution in [0.1, 0.15) is 79.0 Å². The second-order valence-electron chi connectivity index (χ2n) is 17.7. The number of ether oxygens (including phenoxy) is 6. The molecule has 2 amide bonds.